The van der Waals surface area contributed by atoms with Crippen LogP contribution in [0.4, 0.5) is 10.7 Å². The molecule has 2 N–H and O–H groups in total. The van der Waals surface area contributed by atoms with Gasteiger partial charge in [0.1, 0.15) is 5.00 Å². The Kier molecular flexibility index (Phi) is 5.91. The fourth-order valence-electron chi connectivity index (χ4n) is 3.24. The number of fused-ring (bicyclic) bond motifs is 1. The number of esters is 1. The van der Waals surface area contributed by atoms with Crippen LogP contribution in [0.15, 0.2) is 24.3 Å². The van der Waals surface area contributed by atoms with Crippen molar-refractivity contribution in [2.75, 3.05) is 17.7 Å². The van der Waals surface area contributed by atoms with Crippen molar-refractivity contribution >= 4 is 39.8 Å². The summed E-state index contributed by atoms with van der Waals surface area (Å²) in [6.07, 6.45) is 4.11. The summed E-state index contributed by atoms with van der Waals surface area (Å²) < 4.78 is 4.93. The van der Waals surface area contributed by atoms with E-state index in [1.807, 2.05) is 0 Å². The quantitative estimate of drug-likeness (QED) is 0.770. The maximum absolute atomic E-state index is 12.5. The third-order valence-corrected chi connectivity index (χ3v) is 5.66. The molecule has 1 aliphatic rings. The van der Waals surface area contributed by atoms with Gasteiger partial charge in [0, 0.05) is 17.5 Å². The maximum Gasteiger partial charge on any atom is 0.341 e. The number of rotatable bonds is 5. The van der Waals surface area contributed by atoms with E-state index in [1.54, 1.807) is 24.3 Å². The molecule has 6 nitrogen and oxygen atoms in total. The van der Waals surface area contributed by atoms with Gasteiger partial charge in [0.05, 0.1) is 19.1 Å². The van der Waals surface area contributed by atoms with Gasteiger partial charge >= 0.3 is 5.97 Å². The van der Waals surface area contributed by atoms with Crippen molar-refractivity contribution in [3.8, 4) is 0 Å². The summed E-state index contributed by atoms with van der Waals surface area (Å²) in [4.78, 5) is 37.0. The molecule has 0 fully saturated rings. The van der Waals surface area contributed by atoms with E-state index in [-0.39, 0.29) is 18.2 Å². The third kappa shape index (κ3) is 4.54. The van der Waals surface area contributed by atoms with Gasteiger partial charge in [0.25, 0.3) is 0 Å². The number of methoxy groups -OCH3 is 1. The van der Waals surface area contributed by atoms with Gasteiger partial charge in [0.15, 0.2) is 0 Å². The maximum atomic E-state index is 12.5. The Morgan fingerprint density at radius 2 is 1.78 bits per heavy atom. The van der Waals surface area contributed by atoms with E-state index in [0.717, 1.165) is 41.7 Å². The number of hydrogen-bond acceptors (Lipinski definition) is 5. The molecule has 1 aromatic carbocycles. The zero-order valence-electron chi connectivity index (χ0n) is 15.4. The zero-order valence-corrected chi connectivity index (χ0v) is 16.2. The van der Waals surface area contributed by atoms with Crippen LogP contribution in [0.1, 0.15) is 46.1 Å². The van der Waals surface area contributed by atoms with E-state index in [9.17, 15) is 14.4 Å². The molecule has 0 bridgehead atoms. The molecular weight excluding hydrogens is 364 g/mol. The molecule has 0 saturated heterocycles. The van der Waals surface area contributed by atoms with Crippen molar-refractivity contribution in [1.29, 1.82) is 0 Å². The predicted molar refractivity (Wildman–Crippen MR) is 105 cm³/mol. The molecule has 0 saturated carbocycles. The fraction of sp³-hybridized carbons (Fsp3) is 0.350. The third-order valence-electron chi connectivity index (χ3n) is 4.45. The van der Waals surface area contributed by atoms with Crippen molar-refractivity contribution in [2.45, 2.75) is 39.0 Å². The number of carbonyl (C=O) groups excluding carboxylic acids is 3. The number of carbonyl (C=O) groups is 3. The molecule has 0 aliphatic heterocycles. The summed E-state index contributed by atoms with van der Waals surface area (Å²) in [6.45, 7) is 1.45. The smallest absolute Gasteiger partial charge is 0.341 e. The summed E-state index contributed by atoms with van der Waals surface area (Å²) in [5.41, 5.74) is 3.03. The molecule has 142 valence electrons. The summed E-state index contributed by atoms with van der Waals surface area (Å²) in [6, 6.07) is 7.11. The van der Waals surface area contributed by atoms with Gasteiger partial charge in [-0.3, -0.25) is 9.59 Å². The lowest BCUT2D eigenvalue weighted by Crippen LogP contribution is -2.16. The summed E-state index contributed by atoms with van der Waals surface area (Å²) in [5.74, 6) is -0.729. The predicted octanol–water partition coefficient (Wildman–Crippen LogP) is 3.55. The minimum Gasteiger partial charge on any atom is -0.465 e. The normalized spacial score (nSPS) is 12.8. The second kappa shape index (κ2) is 8.35. The molecule has 27 heavy (non-hydrogen) atoms. The van der Waals surface area contributed by atoms with Crippen LogP contribution in [-0.2, 0) is 33.6 Å². The first-order valence-corrected chi connectivity index (χ1v) is 9.69. The van der Waals surface area contributed by atoms with E-state index in [0.29, 0.717) is 16.3 Å². The molecular formula is C20H22N2O4S. The Morgan fingerprint density at radius 1 is 1.07 bits per heavy atom. The minimum absolute atomic E-state index is 0.141. The lowest BCUT2D eigenvalue weighted by Gasteiger charge is -2.11. The topological polar surface area (TPSA) is 84.5 Å². The molecule has 1 aliphatic carbocycles. The Balaban J connectivity index is 1.73. The highest BCUT2D eigenvalue weighted by Gasteiger charge is 2.26. The molecule has 0 spiro atoms. The van der Waals surface area contributed by atoms with Crippen molar-refractivity contribution in [3.63, 3.8) is 0 Å². The van der Waals surface area contributed by atoms with Crippen molar-refractivity contribution in [3.05, 3.63) is 45.8 Å². The number of anilines is 2. The van der Waals surface area contributed by atoms with Crippen LogP contribution in [0.2, 0.25) is 0 Å². The number of aryl methyl sites for hydroxylation is 1. The number of nitrogens with one attached hydrogen (secondary N) is 2. The lowest BCUT2D eigenvalue weighted by atomic mass is 9.95. The Morgan fingerprint density at radius 3 is 2.44 bits per heavy atom. The standard InChI is InChI=1S/C20H22N2O4S/c1-12(23)21-14-9-7-13(8-10-14)11-17(24)22-19-18(20(25)26-2)15-5-3-4-6-16(15)27-19/h7-10H,3-6,11H2,1-2H3,(H,21,23)(H,22,24). The van der Waals surface area contributed by atoms with Crippen LogP contribution in [0, 0.1) is 0 Å². The van der Waals surface area contributed by atoms with Crippen LogP contribution in [0.5, 0.6) is 0 Å². The largest absolute Gasteiger partial charge is 0.465 e. The lowest BCUT2D eigenvalue weighted by molar-refractivity contribution is -0.116. The Labute approximate surface area is 161 Å². The highest BCUT2D eigenvalue weighted by Crippen LogP contribution is 2.38. The number of hydrogen-bond donors (Lipinski definition) is 2. The van der Waals surface area contributed by atoms with Crippen LogP contribution in [0.25, 0.3) is 0 Å². The monoisotopic (exact) mass is 386 g/mol. The Bertz CT molecular complexity index is 871. The number of amides is 2. The molecule has 1 aromatic heterocycles. The molecule has 7 heteroatoms. The average molecular weight is 386 g/mol. The average Bonchev–Trinajstić information content (AvgIpc) is 3.00. The van der Waals surface area contributed by atoms with Crippen LogP contribution < -0.4 is 10.6 Å². The van der Waals surface area contributed by atoms with Gasteiger partial charge in [-0.25, -0.2) is 4.79 Å². The van der Waals surface area contributed by atoms with Crippen LogP contribution in [-0.4, -0.2) is 24.9 Å². The highest BCUT2D eigenvalue weighted by atomic mass is 32.1. The first-order valence-electron chi connectivity index (χ1n) is 8.87. The first kappa shape index (κ1) is 19.1. The number of benzene rings is 1. The Hall–Kier alpha value is -2.67. The molecule has 0 unspecified atom stereocenters. The van der Waals surface area contributed by atoms with E-state index in [2.05, 4.69) is 10.6 Å². The fourth-order valence-corrected chi connectivity index (χ4v) is 4.53. The van der Waals surface area contributed by atoms with Crippen molar-refractivity contribution in [2.24, 2.45) is 0 Å². The van der Waals surface area contributed by atoms with E-state index < -0.39 is 5.97 Å². The minimum atomic E-state index is -0.399. The van der Waals surface area contributed by atoms with Crippen LogP contribution >= 0.6 is 11.3 Å². The van der Waals surface area contributed by atoms with Crippen molar-refractivity contribution in [1.82, 2.24) is 0 Å². The van der Waals surface area contributed by atoms with Gasteiger partial charge in [-0.15, -0.1) is 11.3 Å². The zero-order chi connectivity index (χ0) is 19.4. The molecule has 1 heterocycles. The van der Waals surface area contributed by atoms with E-state index in [4.69, 9.17) is 4.74 Å². The molecule has 2 amide bonds. The molecule has 3 rings (SSSR count). The molecule has 0 atom stereocenters. The van der Waals surface area contributed by atoms with E-state index >= 15 is 0 Å². The van der Waals surface area contributed by atoms with Crippen LogP contribution in [0.3, 0.4) is 0 Å². The summed E-state index contributed by atoms with van der Waals surface area (Å²) >= 11 is 1.47. The van der Waals surface area contributed by atoms with Gasteiger partial charge in [-0.2, -0.15) is 0 Å². The molecule has 2 aromatic rings. The number of thiophene rings is 1. The van der Waals surface area contributed by atoms with Gasteiger partial charge in [0.2, 0.25) is 11.8 Å². The highest BCUT2D eigenvalue weighted by molar-refractivity contribution is 7.17. The summed E-state index contributed by atoms with van der Waals surface area (Å²) in [5, 5.41) is 6.15. The SMILES string of the molecule is COC(=O)c1c(NC(=O)Cc2ccc(NC(C)=O)cc2)sc2c1CCCC2. The van der Waals surface area contributed by atoms with Gasteiger partial charge in [-0.05, 0) is 48.9 Å². The first-order chi connectivity index (χ1) is 13.0. The van der Waals surface area contributed by atoms with Gasteiger partial charge < -0.3 is 15.4 Å². The van der Waals surface area contributed by atoms with Gasteiger partial charge in [-0.1, -0.05) is 12.1 Å². The number of ether oxygens (including phenoxy) is 1. The van der Waals surface area contributed by atoms with E-state index in [1.165, 1.54) is 25.4 Å². The second-order valence-corrected chi connectivity index (χ2v) is 7.61. The van der Waals surface area contributed by atoms with Crippen molar-refractivity contribution < 1.29 is 19.1 Å². The summed E-state index contributed by atoms with van der Waals surface area (Å²) in [7, 11) is 1.36. The molecule has 0 radical (unpaired) electrons. The second-order valence-electron chi connectivity index (χ2n) is 6.51.